The molecular formula is C12H16ClF. The average molecular weight is 215 g/mol. The molecule has 0 spiro atoms. The highest BCUT2D eigenvalue weighted by molar-refractivity contribution is 6.20. The molecule has 0 nitrogen and oxygen atoms in total. The number of rotatable bonds is 4. The van der Waals surface area contributed by atoms with Crippen molar-refractivity contribution in [2.45, 2.75) is 32.1 Å². The summed E-state index contributed by atoms with van der Waals surface area (Å²) >= 11 is 5.90. The first-order chi connectivity index (χ1) is 6.58. The van der Waals surface area contributed by atoms with Crippen LogP contribution in [0.1, 0.15) is 25.8 Å². The number of alkyl halides is 1. The topological polar surface area (TPSA) is 0 Å². The first kappa shape index (κ1) is 11.5. The quantitative estimate of drug-likeness (QED) is 0.665. The van der Waals surface area contributed by atoms with Crippen LogP contribution in [-0.4, -0.2) is 5.38 Å². The van der Waals surface area contributed by atoms with Crippen molar-refractivity contribution in [3.05, 3.63) is 35.6 Å². The molecule has 2 heteroatoms. The van der Waals surface area contributed by atoms with Gasteiger partial charge in [0, 0.05) is 5.38 Å². The van der Waals surface area contributed by atoms with Crippen molar-refractivity contribution in [1.82, 2.24) is 0 Å². The molecule has 0 aliphatic rings. The van der Waals surface area contributed by atoms with Gasteiger partial charge in [-0.15, -0.1) is 11.6 Å². The van der Waals surface area contributed by atoms with E-state index in [9.17, 15) is 4.39 Å². The van der Waals surface area contributed by atoms with Gasteiger partial charge in [-0.3, -0.25) is 0 Å². The molecule has 0 aliphatic heterocycles. The third-order valence-electron chi connectivity index (χ3n) is 2.22. The number of hydrogen-bond donors (Lipinski definition) is 0. The van der Waals surface area contributed by atoms with Crippen LogP contribution in [0, 0.1) is 11.7 Å². The Morgan fingerprint density at radius 3 is 2.29 bits per heavy atom. The van der Waals surface area contributed by atoms with E-state index < -0.39 is 0 Å². The van der Waals surface area contributed by atoms with Crippen LogP contribution in [0.4, 0.5) is 4.39 Å². The van der Waals surface area contributed by atoms with Crippen molar-refractivity contribution in [2.75, 3.05) is 0 Å². The second-order valence-corrected chi connectivity index (χ2v) is 4.70. The van der Waals surface area contributed by atoms with Crippen LogP contribution in [0.5, 0.6) is 0 Å². The summed E-state index contributed by atoms with van der Waals surface area (Å²) in [6.07, 6.45) is 1.97. The summed E-state index contributed by atoms with van der Waals surface area (Å²) in [6.45, 7) is 4.17. The second kappa shape index (κ2) is 5.35. The fraction of sp³-hybridized carbons (Fsp3) is 0.500. The highest BCUT2D eigenvalue weighted by Gasteiger charge is 2.07. The molecule has 2 atom stereocenters. The summed E-state index contributed by atoms with van der Waals surface area (Å²) in [7, 11) is 0. The Kier molecular flexibility index (Phi) is 4.40. The lowest BCUT2D eigenvalue weighted by Gasteiger charge is -2.12. The van der Waals surface area contributed by atoms with Crippen molar-refractivity contribution in [3.63, 3.8) is 0 Å². The van der Waals surface area contributed by atoms with Gasteiger partial charge < -0.3 is 0 Å². The van der Waals surface area contributed by atoms with Gasteiger partial charge >= 0.3 is 0 Å². The number of benzene rings is 1. The Labute approximate surface area is 90.1 Å². The zero-order valence-electron chi connectivity index (χ0n) is 8.63. The van der Waals surface area contributed by atoms with Crippen molar-refractivity contribution < 1.29 is 4.39 Å². The monoisotopic (exact) mass is 214 g/mol. The van der Waals surface area contributed by atoms with E-state index in [-0.39, 0.29) is 11.2 Å². The molecule has 1 aromatic rings. The third kappa shape index (κ3) is 4.10. The maximum absolute atomic E-state index is 12.6. The molecule has 0 heterocycles. The molecule has 0 N–H and O–H groups in total. The molecule has 14 heavy (non-hydrogen) atoms. The molecule has 78 valence electrons. The molecule has 1 aromatic carbocycles. The minimum Gasteiger partial charge on any atom is -0.207 e. The van der Waals surface area contributed by atoms with E-state index in [1.807, 2.05) is 19.1 Å². The molecule has 2 unspecified atom stereocenters. The number of hydrogen-bond acceptors (Lipinski definition) is 0. The zero-order valence-corrected chi connectivity index (χ0v) is 9.39. The molecule has 0 saturated heterocycles. The van der Waals surface area contributed by atoms with E-state index in [2.05, 4.69) is 6.92 Å². The largest absolute Gasteiger partial charge is 0.207 e. The third-order valence-corrected chi connectivity index (χ3v) is 2.40. The smallest absolute Gasteiger partial charge is 0.123 e. The van der Waals surface area contributed by atoms with Crippen LogP contribution < -0.4 is 0 Å². The molecule has 0 amide bonds. The van der Waals surface area contributed by atoms with Crippen LogP contribution in [0.25, 0.3) is 0 Å². The van der Waals surface area contributed by atoms with E-state index in [0.717, 1.165) is 12.8 Å². The first-order valence-corrected chi connectivity index (χ1v) is 5.40. The normalized spacial score (nSPS) is 15.1. The fourth-order valence-corrected chi connectivity index (χ4v) is 1.96. The van der Waals surface area contributed by atoms with E-state index in [4.69, 9.17) is 11.6 Å². The Hall–Kier alpha value is -0.560. The SMILES string of the molecule is CC(Cl)CC(C)Cc1ccc(F)cc1. The van der Waals surface area contributed by atoms with Gasteiger partial charge in [-0.2, -0.15) is 0 Å². The molecular weight excluding hydrogens is 199 g/mol. The van der Waals surface area contributed by atoms with Crippen molar-refractivity contribution in [1.29, 1.82) is 0 Å². The van der Waals surface area contributed by atoms with Crippen LogP contribution in [0.15, 0.2) is 24.3 Å². The van der Waals surface area contributed by atoms with Crippen molar-refractivity contribution in [3.8, 4) is 0 Å². The summed E-state index contributed by atoms with van der Waals surface area (Å²) < 4.78 is 12.6. The molecule has 1 rings (SSSR count). The highest BCUT2D eigenvalue weighted by Crippen LogP contribution is 2.16. The molecule has 0 saturated carbocycles. The Bertz CT molecular complexity index is 266. The van der Waals surface area contributed by atoms with E-state index in [1.165, 1.54) is 17.7 Å². The second-order valence-electron chi connectivity index (χ2n) is 3.95. The van der Waals surface area contributed by atoms with Crippen molar-refractivity contribution in [2.24, 2.45) is 5.92 Å². The molecule has 0 radical (unpaired) electrons. The summed E-state index contributed by atoms with van der Waals surface area (Å²) in [5.74, 6) is 0.375. The van der Waals surface area contributed by atoms with Crippen molar-refractivity contribution >= 4 is 11.6 Å². The summed E-state index contributed by atoms with van der Waals surface area (Å²) in [5.41, 5.74) is 1.18. The summed E-state index contributed by atoms with van der Waals surface area (Å²) in [4.78, 5) is 0. The van der Waals surface area contributed by atoms with Gasteiger partial charge in [-0.1, -0.05) is 19.1 Å². The lowest BCUT2D eigenvalue weighted by Crippen LogP contribution is -2.05. The Morgan fingerprint density at radius 2 is 1.79 bits per heavy atom. The van der Waals surface area contributed by atoms with Gasteiger partial charge in [-0.05, 0) is 43.4 Å². The van der Waals surface area contributed by atoms with E-state index >= 15 is 0 Å². The molecule has 0 fully saturated rings. The van der Waals surface area contributed by atoms with Gasteiger partial charge in [0.2, 0.25) is 0 Å². The molecule has 0 aromatic heterocycles. The lowest BCUT2D eigenvalue weighted by molar-refractivity contribution is 0.525. The maximum Gasteiger partial charge on any atom is 0.123 e. The van der Waals surface area contributed by atoms with Crippen LogP contribution in [-0.2, 0) is 6.42 Å². The zero-order chi connectivity index (χ0) is 10.6. The summed E-state index contributed by atoms with van der Waals surface area (Å²) in [5, 5.41) is 0.213. The summed E-state index contributed by atoms with van der Waals surface area (Å²) in [6, 6.07) is 6.69. The lowest BCUT2D eigenvalue weighted by atomic mass is 9.97. The standard InChI is InChI=1S/C12H16ClF/c1-9(7-10(2)13)8-11-3-5-12(14)6-4-11/h3-6,9-10H,7-8H2,1-2H3. The van der Waals surface area contributed by atoms with Gasteiger partial charge in [0.15, 0.2) is 0 Å². The van der Waals surface area contributed by atoms with Crippen LogP contribution in [0.3, 0.4) is 0 Å². The molecule has 0 bridgehead atoms. The first-order valence-electron chi connectivity index (χ1n) is 4.96. The minimum absolute atomic E-state index is 0.174. The fourth-order valence-electron chi connectivity index (χ4n) is 1.66. The van der Waals surface area contributed by atoms with E-state index in [0.29, 0.717) is 5.92 Å². The predicted molar refractivity (Wildman–Crippen MR) is 59.2 cm³/mol. The van der Waals surface area contributed by atoms with Crippen LogP contribution >= 0.6 is 11.6 Å². The van der Waals surface area contributed by atoms with E-state index in [1.54, 1.807) is 0 Å². The van der Waals surface area contributed by atoms with Gasteiger partial charge in [-0.25, -0.2) is 4.39 Å². The van der Waals surface area contributed by atoms with Crippen LogP contribution in [0.2, 0.25) is 0 Å². The van der Waals surface area contributed by atoms with Gasteiger partial charge in [0.25, 0.3) is 0 Å². The van der Waals surface area contributed by atoms with Gasteiger partial charge in [0.05, 0.1) is 0 Å². The minimum atomic E-state index is -0.174. The average Bonchev–Trinajstić information content (AvgIpc) is 2.07. The molecule has 0 aliphatic carbocycles. The highest BCUT2D eigenvalue weighted by atomic mass is 35.5. The Morgan fingerprint density at radius 1 is 1.21 bits per heavy atom. The maximum atomic E-state index is 12.6. The number of halogens is 2. The predicted octanol–water partition coefficient (Wildman–Crippen LogP) is 4.02. The Balaban J connectivity index is 2.47. The van der Waals surface area contributed by atoms with Gasteiger partial charge in [0.1, 0.15) is 5.82 Å².